The number of halogens is 1. The number of thiocarbonyl (C=S) groups is 1. The molecule has 1 saturated heterocycles. The van der Waals surface area contributed by atoms with Crippen molar-refractivity contribution in [3.63, 3.8) is 0 Å². The molecule has 164 valence electrons. The highest BCUT2D eigenvalue weighted by Crippen LogP contribution is 2.33. The van der Waals surface area contributed by atoms with Gasteiger partial charge in [0.25, 0.3) is 17.5 Å². The van der Waals surface area contributed by atoms with Crippen LogP contribution in [0.5, 0.6) is 0 Å². The van der Waals surface area contributed by atoms with Gasteiger partial charge < -0.3 is 0 Å². The number of hydrogen-bond donors (Lipinski definition) is 1. The summed E-state index contributed by atoms with van der Waals surface area (Å²) in [5.41, 5.74) is 0.340. The van der Waals surface area contributed by atoms with Gasteiger partial charge in [-0.2, -0.15) is 0 Å². The topological polar surface area (TPSA) is 105 Å². The molecule has 4 rings (SSSR count). The number of nitro benzene ring substituents is 1. The zero-order valence-electron chi connectivity index (χ0n) is 16.6. The lowest BCUT2D eigenvalue weighted by atomic mass is 10.1. The number of hydrogen-bond acceptors (Lipinski definition) is 7. The summed E-state index contributed by atoms with van der Waals surface area (Å²) < 4.78 is 0. The lowest BCUT2D eigenvalue weighted by molar-refractivity contribution is -0.384. The molecule has 2 heterocycles. The number of aromatic nitrogens is 1. The van der Waals surface area contributed by atoms with Gasteiger partial charge in [0.2, 0.25) is 0 Å². The third-order valence-electron chi connectivity index (χ3n) is 4.54. The zero-order chi connectivity index (χ0) is 23.5. The number of nitrogens with zero attached hydrogens (tertiary/aromatic N) is 3. The molecule has 0 radical (unpaired) electrons. The molecule has 0 unspecified atom stereocenters. The second kappa shape index (κ2) is 9.49. The van der Waals surface area contributed by atoms with E-state index < -0.39 is 16.7 Å². The van der Waals surface area contributed by atoms with E-state index in [0.717, 1.165) is 0 Å². The van der Waals surface area contributed by atoms with Crippen LogP contribution < -0.4 is 10.2 Å². The van der Waals surface area contributed by atoms with Gasteiger partial charge in [0.15, 0.2) is 5.11 Å². The number of nitrogens with one attached hydrogen (secondary N) is 1. The van der Waals surface area contributed by atoms with Crippen molar-refractivity contribution in [1.29, 1.82) is 0 Å². The Balaban J connectivity index is 1.78. The highest BCUT2D eigenvalue weighted by atomic mass is 35.5. The molecule has 2 aromatic carbocycles. The van der Waals surface area contributed by atoms with Crippen LogP contribution in [0.1, 0.15) is 5.56 Å². The minimum absolute atomic E-state index is 0.0772. The summed E-state index contributed by atoms with van der Waals surface area (Å²) in [5.74, 6) is -1.36. The first-order valence-electron chi connectivity index (χ1n) is 9.38. The first-order chi connectivity index (χ1) is 15.8. The minimum Gasteiger partial charge on any atom is -0.298 e. The SMILES string of the molecule is O=C1NC(=S)N(c2ccc(Cl)cc2)C(=O)/C1=C/c1cc([N+](=O)[O-])ccc1Sc1ccccn1. The van der Waals surface area contributed by atoms with Crippen molar-refractivity contribution >= 4 is 70.0 Å². The summed E-state index contributed by atoms with van der Waals surface area (Å²) in [6.07, 6.45) is 2.94. The fraction of sp³-hybridized carbons (Fsp3) is 0. The first-order valence-corrected chi connectivity index (χ1v) is 11.0. The maximum Gasteiger partial charge on any atom is 0.270 e. The molecular weight excluding hydrogens is 484 g/mol. The van der Waals surface area contributed by atoms with E-state index in [9.17, 15) is 19.7 Å². The van der Waals surface area contributed by atoms with Gasteiger partial charge in [0, 0.05) is 28.2 Å². The molecule has 0 saturated carbocycles. The number of amides is 2. The fourth-order valence-corrected chi connectivity index (χ4v) is 4.28. The molecule has 11 heteroatoms. The highest BCUT2D eigenvalue weighted by molar-refractivity contribution is 7.99. The lowest BCUT2D eigenvalue weighted by Gasteiger charge is -2.29. The van der Waals surface area contributed by atoms with Gasteiger partial charge >= 0.3 is 0 Å². The third-order valence-corrected chi connectivity index (χ3v) is 6.12. The molecule has 0 aliphatic carbocycles. The number of nitro groups is 1. The number of carbonyl (C=O) groups is 2. The van der Waals surface area contributed by atoms with Crippen molar-refractivity contribution < 1.29 is 14.5 Å². The Kier molecular flexibility index (Phi) is 6.50. The number of non-ortho nitro benzene ring substituents is 1. The van der Waals surface area contributed by atoms with Crippen LogP contribution in [0.3, 0.4) is 0 Å². The summed E-state index contributed by atoms with van der Waals surface area (Å²) in [7, 11) is 0. The summed E-state index contributed by atoms with van der Waals surface area (Å²) in [6.45, 7) is 0. The van der Waals surface area contributed by atoms with Crippen LogP contribution >= 0.6 is 35.6 Å². The van der Waals surface area contributed by atoms with Crippen LogP contribution in [0.25, 0.3) is 6.08 Å². The van der Waals surface area contributed by atoms with E-state index in [-0.39, 0.29) is 16.4 Å². The van der Waals surface area contributed by atoms with Crippen molar-refractivity contribution in [1.82, 2.24) is 10.3 Å². The van der Waals surface area contributed by atoms with Gasteiger partial charge in [-0.05, 0) is 66.3 Å². The number of anilines is 1. The average Bonchev–Trinajstić information content (AvgIpc) is 2.79. The molecule has 2 amide bonds. The lowest BCUT2D eigenvalue weighted by Crippen LogP contribution is -2.54. The second-order valence-electron chi connectivity index (χ2n) is 6.68. The molecule has 33 heavy (non-hydrogen) atoms. The van der Waals surface area contributed by atoms with E-state index in [0.29, 0.717) is 26.2 Å². The van der Waals surface area contributed by atoms with Crippen molar-refractivity contribution in [2.75, 3.05) is 4.90 Å². The Labute approximate surface area is 202 Å². The molecule has 0 spiro atoms. The van der Waals surface area contributed by atoms with Crippen LogP contribution in [0, 0.1) is 10.1 Å². The van der Waals surface area contributed by atoms with Gasteiger partial charge in [0.05, 0.1) is 10.6 Å². The standard InChI is InChI=1S/C22H13ClN4O4S2/c23-14-4-6-15(7-5-14)26-21(29)17(20(28)25-22(26)32)12-13-11-16(27(30)31)8-9-18(13)33-19-3-1-2-10-24-19/h1-12H,(H,25,28,32)/b17-12+. The minimum atomic E-state index is -0.699. The van der Waals surface area contributed by atoms with Crippen molar-refractivity contribution in [2.24, 2.45) is 0 Å². The van der Waals surface area contributed by atoms with E-state index in [1.165, 1.54) is 34.9 Å². The normalized spacial score (nSPS) is 15.0. The first kappa shape index (κ1) is 22.6. The quantitative estimate of drug-likeness (QED) is 0.180. The molecule has 1 aliphatic heterocycles. The second-order valence-corrected chi connectivity index (χ2v) is 8.57. The molecule has 8 nitrogen and oxygen atoms in total. The monoisotopic (exact) mass is 496 g/mol. The molecule has 1 aliphatic rings. The molecule has 3 aromatic rings. The Bertz CT molecular complexity index is 1310. The van der Waals surface area contributed by atoms with E-state index in [1.807, 2.05) is 6.07 Å². The predicted molar refractivity (Wildman–Crippen MR) is 129 cm³/mol. The summed E-state index contributed by atoms with van der Waals surface area (Å²) in [5, 5.41) is 14.9. The molecule has 0 bridgehead atoms. The van der Waals surface area contributed by atoms with E-state index in [4.69, 9.17) is 23.8 Å². The Hall–Kier alpha value is -3.60. The summed E-state index contributed by atoms with van der Waals surface area (Å²) in [6, 6.07) is 15.9. The van der Waals surface area contributed by atoms with Gasteiger partial charge in [-0.1, -0.05) is 29.4 Å². The van der Waals surface area contributed by atoms with Crippen LogP contribution in [-0.4, -0.2) is 26.8 Å². The Morgan fingerprint density at radius 2 is 1.88 bits per heavy atom. The summed E-state index contributed by atoms with van der Waals surface area (Å²) in [4.78, 5) is 42.7. The Morgan fingerprint density at radius 1 is 1.12 bits per heavy atom. The number of rotatable bonds is 5. The van der Waals surface area contributed by atoms with Crippen molar-refractivity contribution in [2.45, 2.75) is 9.92 Å². The van der Waals surface area contributed by atoms with Gasteiger partial charge in [-0.25, -0.2) is 4.98 Å². The average molecular weight is 497 g/mol. The largest absolute Gasteiger partial charge is 0.298 e. The van der Waals surface area contributed by atoms with Crippen molar-refractivity contribution in [3.05, 3.63) is 93.1 Å². The van der Waals surface area contributed by atoms with Gasteiger partial charge in [-0.15, -0.1) is 0 Å². The molecule has 0 atom stereocenters. The number of pyridine rings is 1. The van der Waals surface area contributed by atoms with Gasteiger partial charge in [0.1, 0.15) is 10.6 Å². The zero-order valence-corrected chi connectivity index (χ0v) is 19.0. The Morgan fingerprint density at radius 3 is 2.55 bits per heavy atom. The molecular formula is C22H13ClN4O4S2. The van der Waals surface area contributed by atoms with E-state index in [1.54, 1.807) is 48.7 Å². The van der Waals surface area contributed by atoms with Gasteiger partial charge in [-0.3, -0.25) is 29.9 Å². The molecule has 1 N–H and O–H groups in total. The smallest absolute Gasteiger partial charge is 0.270 e. The van der Waals surface area contributed by atoms with Crippen LogP contribution in [0.15, 0.2) is 82.4 Å². The van der Waals surface area contributed by atoms with Crippen molar-refractivity contribution in [3.8, 4) is 0 Å². The third kappa shape index (κ3) is 4.92. The highest BCUT2D eigenvalue weighted by Gasteiger charge is 2.34. The van der Waals surface area contributed by atoms with E-state index in [2.05, 4.69) is 10.3 Å². The molecule has 1 fully saturated rings. The number of benzene rings is 2. The van der Waals surface area contributed by atoms with Crippen LogP contribution in [-0.2, 0) is 9.59 Å². The van der Waals surface area contributed by atoms with Crippen LogP contribution in [0.4, 0.5) is 11.4 Å². The predicted octanol–water partition coefficient (Wildman–Crippen LogP) is 4.63. The number of carbonyl (C=O) groups excluding carboxylic acids is 2. The van der Waals surface area contributed by atoms with E-state index >= 15 is 0 Å². The molecule has 1 aromatic heterocycles. The summed E-state index contributed by atoms with van der Waals surface area (Å²) >= 11 is 12.4. The van der Waals surface area contributed by atoms with Crippen LogP contribution in [0.2, 0.25) is 5.02 Å². The fourth-order valence-electron chi connectivity index (χ4n) is 3.01. The maximum atomic E-state index is 13.2. The maximum absolute atomic E-state index is 13.2.